The van der Waals surface area contributed by atoms with E-state index in [0.717, 1.165) is 5.56 Å². The molecular formula is C18H18N4. The highest BCUT2D eigenvalue weighted by atomic mass is 15.4. The van der Waals surface area contributed by atoms with Crippen molar-refractivity contribution in [3.8, 4) is 0 Å². The Morgan fingerprint density at radius 1 is 0.955 bits per heavy atom. The molecule has 4 nitrogen and oxygen atoms in total. The number of nitrogens with one attached hydrogen (secondary N) is 2. The highest BCUT2D eigenvalue weighted by Crippen LogP contribution is 2.24. The van der Waals surface area contributed by atoms with E-state index in [0.29, 0.717) is 5.96 Å². The first kappa shape index (κ1) is 14.1. The third-order valence-corrected chi connectivity index (χ3v) is 3.61. The highest BCUT2D eigenvalue weighted by molar-refractivity contribution is 6.06. The fourth-order valence-corrected chi connectivity index (χ4v) is 2.48. The molecule has 0 saturated heterocycles. The largest absolute Gasteiger partial charge is 0.358 e. The third kappa shape index (κ3) is 2.76. The molecule has 0 aromatic heterocycles. The summed E-state index contributed by atoms with van der Waals surface area (Å²) < 4.78 is 0. The van der Waals surface area contributed by atoms with Crippen LogP contribution in [-0.2, 0) is 0 Å². The summed E-state index contributed by atoms with van der Waals surface area (Å²) in [4.78, 5) is 4.02. The van der Waals surface area contributed by atoms with Crippen LogP contribution in [0, 0.1) is 0 Å². The molecule has 0 spiro atoms. The van der Waals surface area contributed by atoms with Gasteiger partial charge in [-0.25, -0.2) is 5.43 Å². The Balaban J connectivity index is 2.02. The zero-order chi connectivity index (χ0) is 15.4. The van der Waals surface area contributed by atoms with Crippen molar-refractivity contribution in [2.45, 2.75) is 0 Å². The molecule has 0 heterocycles. The second-order valence-electron chi connectivity index (χ2n) is 4.96. The van der Waals surface area contributed by atoms with Crippen LogP contribution in [0.5, 0.6) is 0 Å². The highest BCUT2D eigenvalue weighted by Gasteiger charge is 2.01. The lowest BCUT2D eigenvalue weighted by Crippen LogP contribution is -2.30. The van der Waals surface area contributed by atoms with E-state index in [9.17, 15) is 0 Å². The van der Waals surface area contributed by atoms with Crippen LogP contribution < -0.4 is 10.7 Å². The summed E-state index contributed by atoms with van der Waals surface area (Å²) in [6.45, 7) is 0. The van der Waals surface area contributed by atoms with Crippen molar-refractivity contribution >= 4 is 33.7 Å². The molecule has 0 aliphatic carbocycles. The van der Waals surface area contributed by atoms with Gasteiger partial charge < -0.3 is 5.32 Å². The van der Waals surface area contributed by atoms with Gasteiger partial charge in [0.05, 0.1) is 6.21 Å². The van der Waals surface area contributed by atoms with Crippen LogP contribution in [0.3, 0.4) is 0 Å². The summed E-state index contributed by atoms with van der Waals surface area (Å²) in [5, 5.41) is 12.0. The van der Waals surface area contributed by atoms with Crippen LogP contribution in [0.4, 0.5) is 0 Å². The van der Waals surface area contributed by atoms with E-state index < -0.39 is 0 Å². The number of guanidine groups is 1. The van der Waals surface area contributed by atoms with Gasteiger partial charge in [0, 0.05) is 19.7 Å². The van der Waals surface area contributed by atoms with Crippen molar-refractivity contribution in [3.05, 3.63) is 60.2 Å². The maximum atomic E-state index is 4.25. The summed E-state index contributed by atoms with van der Waals surface area (Å²) in [6, 6.07) is 19.0. The maximum absolute atomic E-state index is 4.25. The lowest BCUT2D eigenvalue weighted by atomic mass is 10.0. The predicted octanol–water partition coefficient (Wildman–Crippen LogP) is 3.12. The van der Waals surface area contributed by atoms with Crippen LogP contribution in [0.2, 0.25) is 0 Å². The minimum absolute atomic E-state index is 0.627. The number of hydrogen-bond acceptors (Lipinski definition) is 2. The monoisotopic (exact) mass is 290 g/mol. The Labute approximate surface area is 129 Å². The van der Waals surface area contributed by atoms with Crippen molar-refractivity contribution < 1.29 is 0 Å². The molecule has 0 fully saturated rings. The van der Waals surface area contributed by atoms with Gasteiger partial charge in [0.25, 0.3) is 0 Å². The molecule has 22 heavy (non-hydrogen) atoms. The second kappa shape index (κ2) is 6.26. The van der Waals surface area contributed by atoms with Crippen LogP contribution in [0.15, 0.2) is 64.7 Å². The summed E-state index contributed by atoms with van der Waals surface area (Å²) in [7, 11) is 3.51. The average Bonchev–Trinajstić information content (AvgIpc) is 2.57. The number of aliphatic imine (C=N–C) groups is 1. The Morgan fingerprint density at radius 3 is 2.41 bits per heavy atom. The Hall–Kier alpha value is -2.88. The van der Waals surface area contributed by atoms with Crippen molar-refractivity contribution in [1.82, 2.24) is 10.7 Å². The first-order chi connectivity index (χ1) is 10.8. The van der Waals surface area contributed by atoms with Crippen LogP contribution in [0.25, 0.3) is 21.5 Å². The zero-order valence-corrected chi connectivity index (χ0v) is 12.7. The van der Waals surface area contributed by atoms with Gasteiger partial charge in [-0.2, -0.15) is 5.10 Å². The van der Waals surface area contributed by atoms with Gasteiger partial charge in [0.15, 0.2) is 0 Å². The molecule has 110 valence electrons. The molecule has 2 N–H and O–H groups in total. The van der Waals surface area contributed by atoms with Crippen LogP contribution in [0.1, 0.15) is 5.56 Å². The first-order valence-electron chi connectivity index (χ1n) is 7.17. The Bertz CT molecular complexity index is 865. The van der Waals surface area contributed by atoms with Gasteiger partial charge in [-0.15, -0.1) is 0 Å². The lowest BCUT2D eigenvalue weighted by Gasteiger charge is -2.06. The quantitative estimate of drug-likeness (QED) is 0.330. The van der Waals surface area contributed by atoms with E-state index >= 15 is 0 Å². The average molecular weight is 290 g/mol. The minimum Gasteiger partial charge on any atom is -0.358 e. The molecule has 3 rings (SSSR count). The standard InChI is InChI=1S/C18H18N4/c1-19-18(20-2)22-21-12-16-9-5-8-15-10-13-6-3-4-7-14(13)11-17(15)16/h3-12H,1-2H3,(H2,19,20,22)/b21-12+. The number of nitrogens with zero attached hydrogens (tertiary/aromatic N) is 2. The zero-order valence-electron chi connectivity index (χ0n) is 12.7. The van der Waals surface area contributed by atoms with E-state index in [4.69, 9.17) is 0 Å². The van der Waals surface area contributed by atoms with Crippen molar-refractivity contribution in [3.63, 3.8) is 0 Å². The number of hydrogen-bond donors (Lipinski definition) is 2. The Kier molecular flexibility index (Phi) is 4.01. The molecule has 0 saturated carbocycles. The second-order valence-corrected chi connectivity index (χ2v) is 4.96. The summed E-state index contributed by atoms with van der Waals surface area (Å²) in [5.74, 6) is 0.627. The predicted molar refractivity (Wildman–Crippen MR) is 94.6 cm³/mol. The van der Waals surface area contributed by atoms with Crippen molar-refractivity contribution in [2.75, 3.05) is 14.1 Å². The molecule has 0 amide bonds. The van der Waals surface area contributed by atoms with E-state index in [1.165, 1.54) is 21.5 Å². The van der Waals surface area contributed by atoms with Crippen LogP contribution in [-0.4, -0.2) is 26.3 Å². The molecule has 0 bridgehead atoms. The van der Waals surface area contributed by atoms with Gasteiger partial charge in [-0.1, -0.05) is 42.5 Å². The lowest BCUT2D eigenvalue weighted by molar-refractivity contribution is 0.943. The van der Waals surface area contributed by atoms with Crippen molar-refractivity contribution in [2.24, 2.45) is 10.1 Å². The minimum atomic E-state index is 0.627. The fourth-order valence-electron chi connectivity index (χ4n) is 2.48. The van der Waals surface area contributed by atoms with E-state index in [-0.39, 0.29) is 0 Å². The van der Waals surface area contributed by atoms with Gasteiger partial charge in [0.2, 0.25) is 5.96 Å². The van der Waals surface area contributed by atoms with Gasteiger partial charge in [-0.05, 0) is 33.7 Å². The van der Waals surface area contributed by atoms with E-state index in [1.807, 2.05) is 12.3 Å². The van der Waals surface area contributed by atoms with Crippen LogP contribution >= 0.6 is 0 Å². The third-order valence-electron chi connectivity index (χ3n) is 3.61. The topological polar surface area (TPSA) is 48.8 Å². The summed E-state index contributed by atoms with van der Waals surface area (Å²) in [6.07, 6.45) is 1.82. The van der Waals surface area contributed by atoms with E-state index in [1.54, 1.807) is 14.1 Å². The number of rotatable bonds is 2. The molecule has 0 aliphatic heterocycles. The SMILES string of the molecule is CN=C(NC)N/N=C/c1cccc2cc3ccccc3cc12. The van der Waals surface area contributed by atoms with Crippen molar-refractivity contribution in [1.29, 1.82) is 0 Å². The molecule has 0 atom stereocenters. The number of benzene rings is 3. The summed E-state index contributed by atoms with van der Waals surface area (Å²) >= 11 is 0. The number of hydrazone groups is 1. The molecule has 3 aromatic rings. The van der Waals surface area contributed by atoms with Gasteiger partial charge in [0.1, 0.15) is 0 Å². The molecular weight excluding hydrogens is 272 g/mol. The molecule has 4 heteroatoms. The molecule has 0 aliphatic rings. The van der Waals surface area contributed by atoms with Gasteiger partial charge >= 0.3 is 0 Å². The number of fused-ring (bicyclic) bond motifs is 2. The first-order valence-corrected chi connectivity index (χ1v) is 7.17. The Morgan fingerprint density at radius 2 is 1.68 bits per heavy atom. The molecule has 0 radical (unpaired) electrons. The summed E-state index contributed by atoms with van der Waals surface area (Å²) in [5.41, 5.74) is 3.95. The normalized spacial score (nSPS) is 12.2. The van der Waals surface area contributed by atoms with E-state index in [2.05, 4.69) is 69.4 Å². The smallest absolute Gasteiger partial charge is 0.211 e. The van der Waals surface area contributed by atoms with Gasteiger partial charge in [-0.3, -0.25) is 4.99 Å². The maximum Gasteiger partial charge on any atom is 0.211 e. The molecule has 3 aromatic carbocycles. The fraction of sp³-hybridized carbons (Fsp3) is 0.111. The molecule has 0 unspecified atom stereocenters.